The van der Waals surface area contributed by atoms with Gasteiger partial charge in [-0.15, -0.1) is 10.2 Å². The number of carbonyl (C=O) groups excluding carboxylic acids is 1. The van der Waals surface area contributed by atoms with Crippen molar-refractivity contribution in [2.75, 3.05) is 13.1 Å². The molecular weight excluding hydrogens is 344 g/mol. The number of nitrogens with zero attached hydrogens (tertiary/aromatic N) is 4. The predicted molar refractivity (Wildman–Crippen MR) is 106 cm³/mol. The minimum atomic E-state index is -0.146. The van der Waals surface area contributed by atoms with Crippen LogP contribution in [-0.4, -0.2) is 43.9 Å². The Bertz CT molecular complexity index is 770. The maximum Gasteiger partial charge on any atom is 0.235 e. The molecule has 2 heterocycles. The lowest BCUT2D eigenvalue weighted by Crippen LogP contribution is -2.34. The topological polar surface area (TPSA) is 51.0 Å². The monoisotopic (exact) mass is 372 g/mol. The maximum atomic E-state index is 12.5. The van der Waals surface area contributed by atoms with Crippen LogP contribution in [0.4, 0.5) is 0 Å². The highest BCUT2D eigenvalue weighted by Gasteiger charge is 2.26. The number of aromatic nitrogens is 3. The van der Waals surface area contributed by atoms with Crippen LogP contribution < -0.4 is 0 Å². The molecule has 6 heteroatoms. The number of amides is 1. The number of hydrogen-bond donors (Lipinski definition) is 0. The minimum absolute atomic E-state index is 0.130. The Hall–Kier alpha value is -1.82. The van der Waals surface area contributed by atoms with Crippen molar-refractivity contribution < 1.29 is 4.79 Å². The highest BCUT2D eigenvalue weighted by Crippen LogP contribution is 2.29. The van der Waals surface area contributed by atoms with Crippen LogP contribution in [0, 0.1) is 0 Å². The lowest BCUT2D eigenvalue weighted by Gasteiger charge is -2.19. The Morgan fingerprint density at radius 1 is 1.12 bits per heavy atom. The maximum absolute atomic E-state index is 12.5. The third-order valence-corrected chi connectivity index (χ3v) is 6.01. The van der Waals surface area contributed by atoms with E-state index < -0.39 is 0 Å². The van der Waals surface area contributed by atoms with E-state index in [9.17, 15) is 4.79 Å². The first-order chi connectivity index (χ1) is 12.3. The summed E-state index contributed by atoms with van der Waals surface area (Å²) in [4.78, 5) is 14.5. The standard InChI is InChI=1S/C20H28N4OS/c1-14(18(25)24-12-6-7-13-24)26-19-22-21-17(23(19)5)15-8-10-16(11-9-15)20(2,3)4/h8-11,14H,6-7,12-13H2,1-5H3/t14-/m1/s1. The van der Waals surface area contributed by atoms with Crippen LogP contribution in [0.2, 0.25) is 0 Å². The zero-order chi connectivity index (χ0) is 18.9. The van der Waals surface area contributed by atoms with Gasteiger partial charge in [0.15, 0.2) is 11.0 Å². The SMILES string of the molecule is C[C@@H](Sc1nnc(-c2ccc(C(C)(C)C)cc2)n1C)C(=O)N1CCCC1. The van der Waals surface area contributed by atoms with Gasteiger partial charge in [0.25, 0.3) is 0 Å². The summed E-state index contributed by atoms with van der Waals surface area (Å²) in [6.45, 7) is 10.3. The third kappa shape index (κ3) is 3.95. The molecule has 5 nitrogen and oxygen atoms in total. The fourth-order valence-corrected chi connectivity index (χ4v) is 4.09. The molecule has 1 aliphatic rings. The zero-order valence-corrected chi connectivity index (χ0v) is 17.1. The van der Waals surface area contributed by atoms with Crippen LogP contribution in [0.25, 0.3) is 11.4 Å². The molecule has 1 aromatic carbocycles. The second-order valence-electron chi connectivity index (χ2n) is 7.99. The fraction of sp³-hybridized carbons (Fsp3) is 0.550. The van der Waals surface area contributed by atoms with Gasteiger partial charge in [0.1, 0.15) is 0 Å². The van der Waals surface area contributed by atoms with E-state index in [2.05, 4.69) is 55.2 Å². The highest BCUT2D eigenvalue weighted by atomic mass is 32.2. The summed E-state index contributed by atoms with van der Waals surface area (Å²) in [6, 6.07) is 8.49. The van der Waals surface area contributed by atoms with Gasteiger partial charge in [0.05, 0.1) is 5.25 Å². The van der Waals surface area contributed by atoms with Gasteiger partial charge >= 0.3 is 0 Å². The molecular formula is C20H28N4OS. The second-order valence-corrected chi connectivity index (χ2v) is 9.29. The van der Waals surface area contributed by atoms with E-state index in [4.69, 9.17) is 0 Å². The molecule has 3 rings (SSSR count). The van der Waals surface area contributed by atoms with Crippen molar-refractivity contribution >= 4 is 17.7 Å². The summed E-state index contributed by atoms with van der Waals surface area (Å²) in [7, 11) is 1.96. The van der Waals surface area contributed by atoms with E-state index in [1.54, 1.807) is 0 Å². The first-order valence-corrected chi connectivity index (χ1v) is 10.1. The number of benzene rings is 1. The zero-order valence-electron chi connectivity index (χ0n) is 16.3. The molecule has 1 atom stereocenters. The predicted octanol–water partition coefficient (Wildman–Crippen LogP) is 3.88. The Balaban J connectivity index is 1.74. The van der Waals surface area contributed by atoms with Crippen molar-refractivity contribution in [1.29, 1.82) is 0 Å². The van der Waals surface area contributed by atoms with Gasteiger partial charge in [-0.25, -0.2) is 0 Å². The van der Waals surface area contributed by atoms with Gasteiger partial charge in [-0.2, -0.15) is 0 Å². The van der Waals surface area contributed by atoms with Crippen molar-refractivity contribution in [1.82, 2.24) is 19.7 Å². The quantitative estimate of drug-likeness (QED) is 0.764. The number of carbonyl (C=O) groups is 1. The van der Waals surface area contributed by atoms with Gasteiger partial charge in [0, 0.05) is 25.7 Å². The van der Waals surface area contributed by atoms with E-state index in [0.29, 0.717) is 0 Å². The van der Waals surface area contributed by atoms with Gasteiger partial charge in [0.2, 0.25) is 5.91 Å². The summed E-state index contributed by atoms with van der Waals surface area (Å²) in [6.07, 6.45) is 2.23. The molecule has 1 fully saturated rings. The highest BCUT2D eigenvalue weighted by molar-refractivity contribution is 8.00. The van der Waals surface area contributed by atoms with Crippen molar-refractivity contribution in [2.24, 2.45) is 7.05 Å². The van der Waals surface area contributed by atoms with Gasteiger partial charge in [-0.3, -0.25) is 4.79 Å². The molecule has 2 aromatic rings. The summed E-state index contributed by atoms with van der Waals surface area (Å²) in [5.74, 6) is 1.03. The minimum Gasteiger partial charge on any atom is -0.342 e. The van der Waals surface area contributed by atoms with E-state index >= 15 is 0 Å². The molecule has 1 saturated heterocycles. The number of thioether (sulfide) groups is 1. The van der Waals surface area contributed by atoms with E-state index in [-0.39, 0.29) is 16.6 Å². The van der Waals surface area contributed by atoms with Crippen molar-refractivity contribution in [2.45, 2.75) is 56.4 Å². The lowest BCUT2D eigenvalue weighted by molar-refractivity contribution is -0.129. The normalized spacial score (nSPS) is 16.1. The molecule has 0 N–H and O–H groups in total. The second kappa shape index (κ2) is 7.43. The molecule has 140 valence electrons. The largest absolute Gasteiger partial charge is 0.342 e. The molecule has 26 heavy (non-hydrogen) atoms. The Labute approximate surface area is 160 Å². The molecule has 1 aliphatic heterocycles. The van der Waals surface area contributed by atoms with Crippen LogP contribution in [0.1, 0.15) is 46.1 Å². The number of hydrogen-bond acceptors (Lipinski definition) is 4. The van der Waals surface area contributed by atoms with Crippen LogP contribution in [0.3, 0.4) is 0 Å². The van der Waals surface area contributed by atoms with E-state index in [0.717, 1.165) is 42.5 Å². The van der Waals surface area contributed by atoms with E-state index in [1.807, 2.05) is 23.4 Å². The Morgan fingerprint density at radius 2 is 1.73 bits per heavy atom. The van der Waals surface area contributed by atoms with Crippen LogP contribution in [0.5, 0.6) is 0 Å². The van der Waals surface area contributed by atoms with Crippen LogP contribution in [0.15, 0.2) is 29.4 Å². The first kappa shape index (κ1) is 19.0. The fourth-order valence-electron chi connectivity index (χ4n) is 3.19. The third-order valence-electron chi connectivity index (χ3n) is 4.89. The van der Waals surface area contributed by atoms with Crippen LogP contribution >= 0.6 is 11.8 Å². The molecule has 0 bridgehead atoms. The molecule has 0 saturated carbocycles. The molecule has 0 spiro atoms. The Morgan fingerprint density at radius 3 is 2.31 bits per heavy atom. The van der Waals surface area contributed by atoms with Crippen molar-refractivity contribution in [3.63, 3.8) is 0 Å². The average Bonchev–Trinajstić information content (AvgIpc) is 3.24. The lowest BCUT2D eigenvalue weighted by atomic mass is 9.87. The van der Waals surface area contributed by atoms with Gasteiger partial charge in [-0.1, -0.05) is 56.8 Å². The average molecular weight is 373 g/mol. The summed E-state index contributed by atoms with van der Waals surface area (Å²) in [5.41, 5.74) is 2.46. The molecule has 1 amide bonds. The van der Waals surface area contributed by atoms with Crippen LogP contribution in [-0.2, 0) is 17.3 Å². The first-order valence-electron chi connectivity index (χ1n) is 9.23. The molecule has 0 radical (unpaired) electrons. The number of rotatable bonds is 4. The molecule has 1 aromatic heterocycles. The smallest absolute Gasteiger partial charge is 0.235 e. The summed E-state index contributed by atoms with van der Waals surface area (Å²) < 4.78 is 1.98. The molecule has 0 unspecified atom stereocenters. The van der Waals surface area contributed by atoms with Gasteiger partial charge in [-0.05, 0) is 30.7 Å². The van der Waals surface area contributed by atoms with Crippen molar-refractivity contribution in [3.8, 4) is 11.4 Å². The number of likely N-dealkylation sites (tertiary alicyclic amines) is 1. The summed E-state index contributed by atoms with van der Waals surface area (Å²) >= 11 is 1.49. The van der Waals surface area contributed by atoms with Crippen molar-refractivity contribution in [3.05, 3.63) is 29.8 Å². The van der Waals surface area contributed by atoms with E-state index in [1.165, 1.54) is 17.3 Å². The van der Waals surface area contributed by atoms with Gasteiger partial charge < -0.3 is 9.47 Å². The Kier molecular flexibility index (Phi) is 5.42. The summed E-state index contributed by atoms with van der Waals surface area (Å²) in [5, 5.41) is 9.30. The molecule has 0 aliphatic carbocycles.